The molecule has 0 saturated carbocycles. The van der Waals surface area contributed by atoms with Crippen LogP contribution in [0.15, 0.2) is 66.0 Å². The molecular weight excluding hydrogens is 328 g/mol. The number of carbonyl (C=O) groups is 1. The highest BCUT2D eigenvalue weighted by atomic mass is 32.1. The number of hydrogen-bond acceptors (Lipinski definition) is 3. The highest BCUT2D eigenvalue weighted by Crippen LogP contribution is 2.21. The van der Waals surface area contributed by atoms with Crippen molar-refractivity contribution in [3.63, 3.8) is 0 Å². The van der Waals surface area contributed by atoms with Crippen molar-refractivity contribution in [2.24, 2.45) is 0 Å². The molecular formula is C21H20N2OS. The Labute approximate surface area is 152 Å². The molecule has 25 heavy (non-hydrogen) atoms. The number of amides is 1. The van der Waals surface area contributed by atoms with Crippen LogP contribution in [0.1, 0.15) is 34.8 Å². The standard InChI is InChI=1S/C21H20N2OS/c1-15(20-14-25-16(2)23-20)22-21(24)19(18-11-7-4-8-12-18)13-17-9-5-3-6-10-17/h3-15H,1-2H3,(H,22,24)/b19-13-. The quantitative estimate of drug-likeness (QED) is 0.528. The molecule has 3 nitrogen and oxygen atoms in total. The van der Waals surface area contributed by atoms with Crippen molar-refractivity contribution in [2.75, 3.05) is 0 Å². The van der Waals surface area contributed by atoms with Gasteiger partial charge in [-0.3, -0.25) is 4.79 Å². The van der Waals surface area contributed by atoms with Gasteiger partial charge in [-0.25, -0.2) is 4.98 Å². The van der Waals surface area contributed by atoms with Crippen LogP contribution < -0.4 is 5.32 Å². The van der Waals surface area contributed by atoms with E-state index in [1.807, 2.05) is 86.0 Å². The van der Waals surface area contributed by atoms with Gasteiger partial charge in [0.2, 0.25) is 0 Å². The zero-order valence-corrected chi connectivity index (χ0v) is 15.1. The van der Waals surface area contributed by atoms with Gasteiger partial charge in [-0.1, -0.05) is 60.7 Å². The summed E-state index contributed by atoms with van der Waals surface area (Å²) in [5, 5.41) is 6.05. The smallest absolute Gasteiger partial charge is 0.252 e. The minimum atomic E-state index is -0.139. The molecule has 2 aromatic carbocycles. The monoisotopic (exact) mass is 348 g/mol. The third-order valence-corrected chi connectivity index (χ3v) is 4.66. The molecule has 1 amide bonds. The summed E-state index contributed by atoms with van der Waals surface area (Å²) in [6.07, 6.45) is 1.92. The van der Waals surface area contributed by atoms with Gasteiger partial charge in [0.1, 0.15) is 0 Å². The molecule has 0 spiro atoms. The van der Waals surface area contributed by atoms with E-state index in [1.54, 1.807) is 11.3 Å². The highest BCUT2D eigenvalue weighted by molar-refractivity contribution is 7.09. The van der Waals surface area contributed by atoms with E-state index >= 15 is 0 Å². The molecule has 1 heterocycles. The molecule has 1 aromatic heterocycles. The number of nitrogens with zero attached hydrogens (tertiary/aromatic N) is 1. The van der Waals surface area contributed by atoms with E-state index in [4.69, 9.17) is 0 Å². The van der Waals surface area contributed by atoms with Crippen LogP contribution in [-0.2, 0) is 4.79 Å². The van der Waals surface area contributed by atoms with E-state index in [0.29, 0.717) is 5.57 Å². The third kappa shape index (κ3) is 4.43. The van der Waals surface area contributed by atoms with Gasteiger partial charge in [0, 0.05) is 11.0 Å². The van der Waals surface area contributed by atoms with Crippen molar-refractivity contribution in [1.82, 2.24) is 10.3 Å². The third-order valence-electron chi connectivity index (χ3n) is 3.87. The molecule has 0 aliphatic rings. The Morgan fingerprint density at radius 1 is 1.08 bits per heavy atom. The average molecular weight is 348 g/mol. The minimum absolute atomic E-state index is 0.104. The number of hydrogen-bond donors (Lipinski definition) is 1. The number of nitrogens with one attached hydrogen (secondary N) is 1. The van der Waals surface area contributed by atoms with Crippen molar-refractivity contribution in [1.29, 1.82) is 0 Å². The molecule has 0 saturated heterocycles. The molecule has 4 heteroatoms. The number of carbonyl (C=O) groups excluding carboxylic acids is 1. The van der Waals surface area contributed by atoms with Crippen molar-refractivity contribution in [2.45, 2.75) is 19.9 Å². The summed E-state index contributed by atoms with van der Waals surface area (Å²) < 4.78 is 0. The van der Waals surface area contributed by atoms with Gasteiger partial charge in [-0.05, 0) is 31.1 Å². The van der Waals surface area contributed by atoms with Crippen molar-refractivity contribution in [3.8, 4) is 0 Å². The van der Waals surface area contributed by atoms with Crippen LogP contribution in [0.3, 0.4) is 0 Å². The lowest BCUT2D eigenvalue weighted by Gasteiger charge is -2.14. The number of rotatable bonds is 5. The number of benzene rings is 2. The predicted molar refractivity (Wildman–Crippen MR) is 104 cm³/mol. The molecule has 0 bridgehead atoms. The summed E-state index contributed by atoms with van der Waals surface area (Å²) >= 11 is 1.59. The molecule has 126 valence electrons. The molecule has 0 radical (unpaired) electrons. The first-order valence-corrected chi connectivity index (χ1v) is 9.06. The maximum atomic E-state index is 12.9. The van der Waals surface area contributed by atoms with Gasteiger partial charge in [-0.2, -0.15) is 0 Å². The second-order valence-corrected chi connectivity index (χ2v) is 6.88. The fraction of sp³-hybridized carbons (Fsp3) is 0.143. The van der Waals surface area contributed by atoms with Crippen molar-refractivity contribution < 1.29 is 4.79 Å². The van der Waals surface area contributed by atoms with Crippen LogP contribution in [-0.4, -0.2) is 10.9 Å². The van der Waals surface area contributed by atoms with Gasteiger partial charge in [0.15, 0.2) is 0 Å². The molecule has 0 aliphatic carbocycles. The highest BCUT2D eigenvalue weighted by Gasteiger charge is 2.17. The number of aryl methyl sites for hydroxylation is 1. The lowest BCUT2D eigenvalue weighted by Crippen LogP contribution is -2.27. The first kappa shape index (κ1) is 17.1. The molecule has 3 rings (SSSR count). The van der Waals surface area contributed by atoms with Crippen molar-refractivity contribution in [3.05, 3.63) is 87.9 Å². The van der Waals surface area contributed by atoms with E-state index in [9.17, 15) is 4.79 Å². The largest absolute Gasteiger partial charge is 0.344 e. The Bertz CT molecular complexity index is 869. The van der Waals surface area contributed by atoms with Crippen LogP contribution >= 0.6 is 11.3 Å². The Morgan fingerprint density at radius 2 is 1.72 bits per heavy atom. The first-order valence-electron chi connectivity index (χ1n) is 8.18. The topological polar surface area (TPSA) is 42.0 Å². The van der Waals surface area contributed by atoms with Crippen LogP contribution in [0.2, 0.25) is 0 Å². The lowest BCUT2D eigenvalue weighted by atomic mass is 10.0. The normalized spacial score (nSPS) is 12.6. The number of aromatic nitrogens is 1. The lowest BCUT2D eigenvalue weighted by molar-refractivity contribution is -0.116. The minimum Gasteiger partial charge on any atom is -0.344 e. The van der Waals surface area contributed by atoms with Gasteiger partial charge in [-0.15, -0.1) is 11.3 Å². The van der Waals surface area contributed by atoms with Crippen LogP contribution in [0.25, 0.3) is 11.6 Å². The van der Waals surface area contributed by atoms with Crippen LogP contribution in [0.5, 0.6) is 0 Å². The summed E-state index contributed by atoms with van der Waals surface area (Å²) in [6, 6.07) is 19.5. The van der Waals surface area contributed by atoms with Crippen LogP contribution in [0, 0.1) is 6.92 Å². The van der Waals surface area contributed by atoms with E-state index < -0.39 is 0 Å². The molecule has 3 aromatic rings. The molecule has 1 atom stereocenters. The maximum absolute atomic E-state index is 12.9. The first-order chi connectivity index (χ1) is 12.1. The van der Waals surface area contributed by atoms with E-state index in [1.165, 1.54) is 0 Å². The molecule has 0 aliphatic heterocycles. The summed E-state index contributed by atoms with van der Waals surface area (Å²) in [6.45, 7) is 3.92. The van der Waals surface area contributed by atoms with E-state index in [0.717, 1.165) is 21.8 Å². The van der Waals surface area contributed by atoms with E-state index in [-0.39, 0.29) is 11.9 Å². The Hall–Kier alpha value is -2.72. The summed E-state index contributed by atoms with van der Waals surface area (Å²) in [4.78, 5) is 17.4. The summed E-state index contributed by atoms with van der Waals surface area (Å²) in [5.41, 5.74) is 3.42. The Balaban J connectivity index is 1.89. The van der Waals surface area contributed by atoms with Gasteiger partial charge < -0.3 is 5.32 Å². The fourth-order valence-corrected chi connectivity index (χ4v) is 3.25. The second-order valence-electron chi connectivity index (χ2n) is 5.82. The van der Waals surface area contributed by atoms with Gasteiger partial charge in [0.25, 0.3) is 5.91 Å². The summed E-state index contributed by atoms with van der Waals surface area (Å²) in [5.74, 6) is -0.104. The molecule has 1 N–H and O–H groups in total. The predicted octanol–water partition coefficient (Wildman–Crippen LogP) is 4.87. The van der Waals surface area contributed by atoms with Crippen molar-refractivity contribution >= 4 is 28.9 Å². The second kappa shape index (κ2) is 7.90. The SMILES string of the molecule is Cc1nc(C(C)NC(=O)/C(=C\c2ccccc2)c2ccccc2)cs1. The van der Waals surface area contributed by atoms with Crippen LogP contribution in [0.4, 0.5) is 0 Å². The average Bonchev–Trinajstić information content (AvgIpc) is 3.08. The Morgan fingerprint density at radius 3 is 2.32 bits per heavy atom. The molecule has 0 fully saturated rings. The van der Waals surface area contributed by atoms with E-state index in [2.05, 4.69) is 10.3 Å². The zero-order valence-electron chi connectivity index (χ0n) is 14.3. The maximum Gasteiger partial charge on any atom is 0.252 e. The fourth-order valence-electron chi connectivity index (χ4n) is 2.54. The summed E-state index contributed by atoms with van der Waals surface area (Å²) in [7, 11) is 0. The number of thiazole rings is 1. The van der Waals surface area contributed by atoms with Gasteiger partial charge >= 0.3 is 0 Å². The molecule has 1 unspecified atom stereocenters. The zero-order chi connectivity index (χ0) is 17.6. The Kier molecular flexibility index (Phi) is 5.41. The van der Waals surface area contributed by atoms with Gasteiger partial charge in [0.05, 0.1) is 16.7 Å².